The van der Waals surface area contributed by atoms with E-state index in [-0.39, 0.29) is 11.8 Å². The topological polar surface area (TPSA) is 58.2 Å². The molecule has 0 aromatic carbocycles. The molecule has 0 spiro atoms. The second kappa shape index (κ2) is 4.79. The van der Waals surface area contributed by atoms with E-state index in [1.807, 2.05) is 0 Å². The van der Waals surface area contributed by atoms with Crippen molar-refractivity contribution in [3.05, 3.63) is 37.1 Å². The van der Waals surface area contributed by atoms with Gasteiger partial charge in [0.1, 0.15) is 5.41 Å². The van der Waals surface area contributed by atoms with E-state index >= 15 is 0 Å². The zero-order valence-electron chi connectivity index (χ0n) is 9.38. The van der Waals surface area contributed by atoms with Gasteiger partial charge in [-0.25, -0.2) is 0 Å². The number of allylic oxidation sites excluding steroid dienone is 3. The first-order valence-corrected chi connectivity index (χ1v) is 5.09. The molecular weight excluding hydrogens is 204 g/mol. The molecule has 16 heavy (non-hydrogen) atoms. The van der Waals surface area contributed by atoms with Gasteiger partial charge in [-0.05, 0) is 25.0 Å². The van der Waals surface area contributed by atoms with Gasteiger partial charge in [0.15, 0.2) is 0 Å². The van der Waals surface area contributed by atoms with Gasteiger partial charge in [-0.1, -0.05) is 19.2 Å². The lowest BCUT2D eigenvalue weighted by molar-refractivity contribution is -0.136. The number of carbonyl (C=O) groups excluding carboxylic acids is 2. The monoisotopic (exact) mass is 220 g/mol. The largest absolute Gasteiger partial charge is 0.358 e. The SMILES string of the molecule is C=C/C=C(\C=C)NC(=O)C1(C(=O)NC)CC1. The van der Waals surface area contributed by atoms with Crippen molar-refractivity contribution in [3.8, 4) is 0 Å². The maximum atomic E-state index is 11.9. The number of rotatable bonds is 5. The Labute approximate surface area is 95.1 Å². The molecule has 4 nitrogen and oxygen atoms in total. The van der Waals surface area contributed by atoms with Crippen LogP contribution in [0, 0.1) is 5.41 Å². The summed E-state index contributed by atoms with van der Waals surface area (Å²) in [6.45, 7) is 7.10. The van der Waals surface area contributed by atoms with E-state index in [0.717, 1.165) is 0 Å². The second-order valence-corrected chi connectivity index (χ2v) is 3.68. The maximum Gasteiger partial charge on any atom is 0.240 e. The van der Waals surface area contributed by atoms with E-state index in [0.29, 0.717) is 18.5 Å². The third kappa shape index (κ3) is 2.21. The average Bonchev–Trinajstić information content (AvgIpc) is 3.08. The highest BCUT2D eigenvalue weighted by atomic mass is 16.2. The van der Waals surface area contributed by atoms with Crippen molar-refractivity contribution in [1.82, 2.24) is 10.6 Å². The Morgan fingerprint density at radius 2 is 1.88 bits per heavy atom. The minimum atomic E-state index is -0.877. The van der Waals surface area contributed by atoms with Crippen LogP contribution in [0.1, 0.15) is 12.8 Å². The summed E-state index contributed by atoms with van der Waals surface area (Å²) in [5.74, 6) is -0.508. The molecule has 1 rings (SSSR count). The van der Waals surface area contributed by atoms with E-state index in [2.05, 4.69) is 23.8 Å². The Hall–Kier alpha value is -1.84. The normalized spacial score (nSPS) is 17.2. The van der Waals surface area contributed by atoms with Gasteiger partial charge in [0, 0.05) is 12.7 Å². The summed E-state index contributed by atoms with van der Waals surface area (Å²) in [7, 11) is 1.53. The minimum Gasteiger partial charge on any atom is -0.358 e. The Balaban J connectivity index is 2.73. The first-order chi connectivity index (χ1) is 7.60. The van der Waals surface area contributed by atoms with Gasteiger partial charge in [-0.2, -0.15) is 0 Å². The van der Waals surface area contributed by atoms with Crippen molar-refractivity contribution in [2.45, 2.75) is 12.8 Å². The van der Waals surface area contributed by atoms with Gasteiger partial charge >= 0.3 is 0 Å². The molecule has 0 aromatic heterocycles. The molecular formula is C12H16N2O2. The van der Waals surface area contributed by atoms with Crippen LogP contribution in [0.15, 0.2) is 37.1 Å². The quantitative estimate of drug-likeness (QED) is 0.534. The van der Waals surface area contributed by atoms with E-state index in [1.165, 1.54) is 13.1 Å². The molecule has 0 bridgehead atoms. The predicted octanol–water partition coefficient (Wildman–Crippen LogP) is 0.885. The van der Waals surface area contributed by atoms with Crippen LogP contribution in [-0.2, 0) is 9.59 Å². The number of amides is 2. The number of nitrogens with one attached hydrogen (secondary N) is 2. The lowest BCUT2D eigenvalue weighted by atomic mass is 10.1. The minimum absolute atomic E-state index is 0.230. The molecule has 0 aliphatic heterocycles. The van der Waals surface area contributed by atoms with Gasteiger partial charge in [0.05, 0.1) is 0 Å². The number of hydrogen-bond donors (Lipinski definition) is 2. The third-order valence-electron chi connectivity index (χ3n) is 2.62. The number of hydrogen-bond acceptors (Lipinski definition) is 2. The van der Waals surface area contributed by atoms with Crippen LogP contribution in [0.5, 0.6) is 0 Å². The van der Waals surface area contributed by atoms with Gasteiger partial charge < -0.3 is 10.6 Å². The van der Waals surface area contributed by atoms with Crippen molar-refractivity contribution in [3.63, 3.8) is 0 Å². The van der Waals surface area contributed by atoms with Crippen molar-refractivity contribution in [1.29, 1.82) is 0 Å². The first-order valence-electron chi connectivity index (χ1n) is 5.09. The highest BCUT2D eigenvalue weighted by molar-refractivity contribution is 6.08. The molecule has 2 amide bonds. The van der Waals surface area contributed by atoms with Crippen molar-refractivity contribution in [2.75, 3.05) is 7.05 Å². The molecule has 2 N–H and O–H groups in total. The fourth-order valence-corrected chi connectivity index (χ4v) is 1.46. The molecule has 0 atom stereocenters. The predicted molar refractivity (Wildman–Crippen MR) is 62.4 cm³/mol. The molecule has 86 valence electrons. The molecule has 0 aromatic rings. The maximum absolute atomic E-state index is 11.9. The van der Waals surface area contributed by atoms with Crippen LogP contribution in [-0.4, -0.2) is 18.9 Å². The molecule has 0 unspecified atom stereocenters. The molecule has 1 aliphatic carbocycles. The molecule has 0 heterocycles. The van der Waals surface area contributed by atoms with Gasteiger partial charge in [-0.15, -0.1) is 0 Å². The second-order valence-electron chi connectivity index (χ2n) is 3.68. The van der Waals surface area contributed by atoms with E-state index < -0.39 is 5.41 Å². The highest BCUT2D eigenvalue weighted by Crippen LogP contribution is 2.46. The van der Waals surface area contributed by atoms with Crippen LogP contribution in [0.4, 0.5) is 0 Å². The summed E-state index contributed by atoms with van der Waals surface area (Å²) in [5.41, 5.74) is -0.326. The van der Waals surface area contributed by atoms with E-state index in [1.54, 1.807) is 12.2 Å². The van der Waals surface area contributed by atoms with Crippen LogP contribution in [0.3, 0.4) is 0 Å². The van der Waals surface area contributed by atoms with E-state index in [9.17, 15) is 9.59 Å². The zero-order chi connectivity index (χ0) is 12.2. The molecule has 1 fully saturated rings. The van der Waals surface area contributed by atoms with Gasteiger partial charge in [-0.3, -0.25) is 9.59 Å². The summed E-state index contributed by atoms with van der Waals surface area (Å²) >= 11 is 0. The summed E-state index contributed by atoms with van der Waals surface area (Å²) < 4.78 is 0. The number of carbonyl (C=O) groups is 2. The summed E-state index contributed by atoms with van der Waals surface area (Å²) in [6, 6.07) is 0. The third-order valence-corrected chi connectivity index (χ3v) is 2.62. The van der Waals surface area contributed by atoms with Crippen molar-refractivity contribution in [2.24, 2.45) is 5.41 Å². The van der Waals surface area contributed by atoms with Crippen molar-refractivity contribution < 1.29 is 9.59 Å². The summed E-state index contributed by atoms with van der Waals surface area (Å²) in [4.78, 5) is 23.4. The van der Waals surface area contributed by atoms with Crippen LogP contribution >= 0.6 is 0 Å². The summed E-state index contributed by atoms with van der Waals surface area (Å²) in [5, 5.41) is 5.16. The molecule has 1 saturated carbocycles. The van der Waals surface area contributed by atoms with Gasteiger partial charge in [0.25, 0.3) is 0 Å². The smallest absolute Gasteiger partial charge is 0.240 e. The Morgan fingerprint density at radius 3 is 2.25 bits per heavy atom. The van der Waals surface area contributed by atoms with Crippen molar-refractivity contribution >= 4 is 11.8 Å². The lowest BCUT2D eigenvalue weighted by Gasteiger charge is -2.13. The van der Waals surface area contributed by atoms with Crippen LogP contribution in [0.25, 0.3) is 0 Å². The first kappa shape index (κ1) is 12.2. The zero-order valence-corrected chi connectivity index (χ0v) is 9.38. The van der Waals surface area contributed by atoms with Crippen LogP contribution in [0.2, 0.25) is 0 Å². The molecule has 4 heteroatoms. The Bertz CT molecular complexity index is 365. The Morgan fingerprint density at radius 1 is 1.25 bits per heavy atom. The highest BCUT2D eigenvalue weighted by Gasteiger charge is 2.56. The van der Waals surface area contributed by atoms with Crippen LogP contribution < -0.4 is 10.6 Å². The molecule has 0 radical (unpaired) electrons. The summed E-state index contributed by atoms with van der Waals surface area (Å²) in [6.07, 6.45) is 5.88. The Kier molecular flexibility index (Phi) is 3.66. The average molecular weight is 220 g/mol. The standard InChI is InChI=1S/C12H16N2O2/c1-4-6-9(5-2)14-11(16)12(7-8-12)10(15)13-3/h4-6H,1-2,7-8H2,3H3,(H,13,15)(H,14,16)/b9-6+. The molecule has 1 aliphatic rings. The van der Waals surface area contributed by atoms with Gasteiger partial charge in [0.2, 0.25) is 11.8 Å². The fraction of sp³-hybridized carbons (Fsp3) is 0.333. The lowest BCUT2D eigenvalue weighted by Crippen LogP contribution is -2.41. The molecule has 0 saturated heterocycles. The fourth-order valence-electron chi connectivity index (χ4n) is 1.46. The van der Waals surface area contributed by atoms with E-state index in [4.69, 9.17) is 0 Å².